The molecule has 3 rings (SSSR count). The number of imidazole rings is 1. The van der Waals surface area contributed by atoms with Crippen LogP contribution in [0.2, 0.25) is 0 Å². The smallest absolute Gasteiger partial charge is 0.323 e. The summed E-state index contributed by atoms with van der Waals surface area (Å²) in [6.45, 7) is 5.55. The minimum Gasteiger partial charge on any atom is -0.376 e. The number of ether oxygens (including phenoxy) is 1. The van der Waals surface area contributed by atoms with Crippen molar-refractivity contribution in [2.45, 2.75) is 18.9 Å². The Hall–Kier alpha value is -2.21. The molecule has 1 aromatic heterocycles. The molecule has 1 aliphatic rings. The van der Waals surface area contributed by atoms with Gasteiger partial charge >= 0.3 is 5.69 Å². The van der Waals surface area contributed by atoms with Gasteiger partial charge in [-0.15, -0.1) is 0 Å². The standard InChI is InChI=1S/C14H18N4O2/c1-9(15-8-11-3-2-6-20-11)16-10-4-5-12-13(7-10)18-14(19)17-12/h4-5,7,11,15-16H,1-3,6,8H2,(H2,17,18,19). The number of nitrogens with one attached hydrogen (secondary N) is 4. The fraction of sp³-hybridized carbons (Fsp3) is 0.357. The lowest BCUT2D eigenvalue weighted by molar-refractivity contribution is 0.112. The van der Waals surface area contributed by atoms with E-state index in [4.69, 9.17) is 4.74 Å². The summed E-state index contributed by atoms with van der Waals surface area (Å²) in [4.78, 5) is 16.6. The molecule has 0 spiro atoms. The summed E-state index contributed by atoms with van der Waals surface area (Å²) in [6, 6.07) is 5.61. The Labute approximate surface area is 116 Å². The minimum absolute atomic E-state index is 0.201. The van der Waals surface area contributed by atoms with Crippen LogP contribution in [0.15, 0.2) is 35.4 Å². The van der Waals surface area contributed by atoms with Crippen LogP contribution in [0.3, 0.4) is 0 Å². The second kappa shape index (κ2) is 5.42. The maximum atomic E-state index is 11.2. The molecule has 6 nitrogen and oxygen atoms in total. The first-order valence-electron chi connectivity index (χ1n) is 6.74. The Balaban J connectivity index is 1.60. The van der Waals surface area contributed by atoms with Crippen LogP contribution in [-0.4, -0.2) is 29.2 Å². The zero-order valence-electron chi connectivity index (χ0n) is 11.2. The molecule has 106 valence electrons. The molecule has 2 heterocycles. The fourth-order valence-electron chi connectivity index (χ4n) is 2.37. The number of benzene rings is 1. The van der Waals surface area contributed by atoms with Gasteiger partial charge < -0.3 is 25.3 Å². The molecule has 1 aromatic carbocycles. The molecule has 1 saturated heterocycles. The van der Waals surface area contributed by atoms with E-state index >= 15 is 0 Å². The van der Waals surface area contributed by atoms with Gasteiger partial charge in [0.2, 0.25) is 0 Å². The van der Waals surface area contributed by atoms with Crippen LogP contribution >= 0.6 is 0 Å². The van der Waals surface area contributed by atoms with E-state index in [2.05, 4.69) is 27.2 Å². The Bertz CT molecular complexity index is 667. The van der Waals surface area contributed by atoms with Gasteiger partial charge in [-0.3, -0.25) is 0 Å². The van der Waals surface area contributed by atoms with Gasteiger partial charge in [0.05, 0.1) is 23.0 Å². The molecule has 1 fully saturated rings. The van der Waals surface area contributed by atoms with E-state index < -0.39 is 0 Å². The maximum absolute atomic E-state index is 11.2. The Kier molecular flexibility index (Phi) is 3.47. The normalized spacial score (nSPS) is 18.3. The van der Waals surface area contributed by atoms with E-state index in [9.17, 15) is 4.79 Å². The van der Waals surface area contributed by atoms with E-state index in [0.29, 0.717) is 0 Å². The van der Waals surface area contributed by atoms with E-state index in [1.165, 1.54) is 0 Å². The van der Waals surface area contributed by atoms with Crippen molar-refractivity contribution in [3.05, 3.63) is 41.1 Å². The number of aromatic nitrogens is 2. The van der Waals surface area contributed by atoms with Crippen LogP contribution in [0.25, 0.3) is 11.0 Å². The summed E-state index contributed by atoms with van der Waals surface area (Å²) in [6.07, 6.45) is 2.50. The first-order chi connectivity index (χ1) is 9.70. The first kappa shape index (κ1) is 12.8. The van der Waals surface area contributed by atoms with Crippen molar-refractivity contribution >= 4 is 16.7 Å². The topological polar surface area (TPSA) is 81.9 Å². The van der Waals surface area contributed by atoms with Crippen LogP contribution in [0.1, 0.15) is 12.8 Å². The number of aromatic amines is 2. The molecule has 0 radical (unpaired) electrons. The minimum atomic E-state index is -0.201. The predicted molar refractivity (Wildman–Crippen MR) is 78.7 cm³/mol. The molecule has 1 aliphatic heterocycles. The molecule has 1 atom stereocenters. The third-order valence-corrected chi connectivity index (χ3v) is 3.38. The van der Waals surface area contributed by atoms with Crippen molar-refractivity contribution in [1.82, 2.24) is 15.3 Å². The maximum Gasteiger partial charge on any atom is 0.323 e. The lowest BCUT2D eigenvalue weighted by Crippen LogP contribution is -2.28. The molecule has 20 heavy (non-hydrogen) atoms. The van der Waals surface area contributed by atoms with Crippen molar-refractivity contribution < 1.29 is 4.74 Å². The largest absolute Gasteiger partial charge is 0.376 e. The Morgan fingerprint density at radius 1 is 1.40 bits per heavy atom. The van der Waals surface area contributed by atoms with Crippen molar-refractivity contribution in [1.29, 1.82) is 0 Å². The zero-order chi connectivity index (χ0) is 13.9. The van der Waals surface area contributed by atoms with E-state index in [-0.39, 0.29) is 11.8 Å². The van der Waals surface area contributed by atoms with Gasteiger partial charge in [-0.2, -0.15) is 0 Å². The van der Waals surface area contributed by atoms with Gasteiger partial charge in [0.15, 0.2) is 0 Å². The molecule has 0 amide bonds. The molecule has 1 unspecified atom stereocenters. The number of fused-ring (bicyclic) bond motifs is 1. The third kappa shape index (κ3) is 2.85. The average Bonchev–Trinajstić information content (AvgIpc) is 3.04. The van der Waals surface area contributed by atoms with Crippen molar-refractivity contribution in [2.75, 3.05) is 18.5 Å². The molecule has 6 heteroatoms. The number of rotatable bonds is 5. The number of hydrogen-bond donors (Lipinski definition) is 4. The van der Waals surface area contributed by atoms with E-state index in [0.717, 1.165) is 48.5 Å². The quantitative estimate of drug-likeness (QED) is 0.666. The molecular weight excluding hydrogens is 256 g/mol. The van der Waals surface area contributed by atoms with Crippen LogP contribution in [0.4, 0.5) is 5.69 Å². The highest BCUT2D eigenvalue weighted by molar-refractivity contribution is 5.79. The van der Waals surface area contributed by atoms with Crippen LogP contribution in [0, 0.1) is 0 Å². The summed E-state index contributed by atoms with van der Waals surface area (Å²) in [5, 5.41) is 6.39. The second-order valence-electron chi connectivity index (χ2n) is 4.96. The summed E-state index contributed by atoms with van der Waals surface area (Å²) >= 11 is 0. The first-order valence-corrected chi connectivity index (χ1v) is 6.74. The van der Waals surface area contributed by atoms with Crippen molar-refractivity contribution in [3.63, 3.8) is 0 Å². The number of hydrogen-bond acceptors (Lipinski definition) is 4. The van der Waals surface area contributed by atoms with Gasteiger partial charge in [-0.05, 0) is 31.0 Å². The summed E-state index contributed by atoms with van der Waals surface area (Å²) in [5.74, 6) is 0.720. The van der Waals surface area contributed by atoms with Crippen LogP contribution in [0.5, 0.6) is 0 Å². The lowest BCUT2D eigenvalue weighted by atomic mass is 10.2. The SMILES string of the molecule is C=C(NCC1CCCO1)Nc1ccc2[nH]c(=O)[nH]c2c1. The molecule has 0 bridgehead atoms. The lowest BCUT2D eigenvalue weighted by Gasteiger charge is -2.15. The summed E-state index contributed by atoms with van der Waals surface area (Å²) < 4.78 is 5.54. The highest BCUT2D eigenvalue weighted by Gasteiger charge is 2.14. The highest BCUT2D eigenvalue weighted by Crippen LogP contribution is 2.16. The zero-order valence-corrected chi connectivity index (χ0v) is 11.2. The van der Waals surface area contributed by atoms with Gasteiger partial charge in [-0.1, -0.05) is 6.58 Å². The van der Waals surface area contributed by atoms with Crippen LogP contribution in [-0.2, 0) is 4.74 Å². The number of H-pyrrole nitrogens is 2. The molecule has 4 N–H and O–H groups in total. The number of anilines is 1. The van der Waals surface area contributed by atoms with Gasteiger partial charge in [0.1, 0.15) is 0 Å². The Morgan fingerprint density at radius 2 is 2.25 bits per heavy atom. The Morgan fingerprint density at radius 3 is 3.05 bits per heavy atom. The van der Waals surface area contributed by atoms with Gasteiger partial charge in [-0.25, -0.2) is 4.79 Å². The monoisotopic (exact) mass is 274 g/mol. The van der Waals surface area contributed by atoms with E-state index in [1.54, 1.807) is 0 Å². The molecule has 0 aliphatic carbocycles. The average molecular weight is 274 g/mol. The third-order valence-electron chi connectivity index (χ3n) is 3.38. The predicted octanol–water partition coefficient (Wildman–Crippen LogP) is 1.51. The van der Waals surface area contributed by atoms with Crippen molar-refractivity contribution in [2.24, 2.45) is 0 Å². The van der Waals surface area contributed by atoms with Gasteiger partial charge in [0.25, 0.3) is 0 Å². The highest BCUT2D eigenvalue weighted by atomic mass is 16.5. The second-order valence-corrected chi connectivity index (χ2v) is 4.96. The van der Waals surface area contributed by atoms with Crippen molar-refractivity contribution in [3.8, 4) is 0 Å². The van der Waals surface area contributed by atoms with Crippen LogP contribution < -0.4 is 16.3 Å². The molecule has 0 saturated carbocycles. The molecule has 2 aromatic rings. The van der Waals surface area contributed by atoms with E-state index in [1.807, 2.05) is 18.2 Å². The summed E-state index contributed by atoms with van der Waals surface area (Å²) in [5.41, 5.74) is 2.23. The van der Waals surface area contributed by atoms with Gasteiger partial charge in [0, 0.05) is 18.8 Å². The fourth-order valence-corrected chi connectivity index (χ4v) is 2.37. The summed E-state index contributed by atoms with van der Waals surface area (Å²) in [7, 11) is 0. The molecular formula is C14H18N4O2.